The number of carbonyl (C=O) groups is 2. The van der Waals surface area contributed by atoms with Crippen LogP contribution in [-0.2, 0) is 11.2 Å². The highest BCUT2D eigenvalue weighted by Crippen LogP contribution is 2.38. The highest BCUT2D eigenvalue weighted by molar-refractivity contribution is 6.00. The summed E-state index contributed by atoms with van der Waals surface area (Å²) < 4.78 is 5.79. The number of ketones is 1. The van der Waals surface area contributed by atoms with Crippen LogP contribution in [0.3, 0.4) is 0 Å². The number of para-hydroxylation sites is 1. The summed E-state index contributed by atoms with van der Waals surface area (Å²) in [5, 5.41) is 8.60. The van der Waals surface area contributed by atoms with Gasteiger partial charge < -0.3 is 9.84 Å². The number of hydrogen-bond donors (Lipinski definition) is 1. The van der Waals surface area contributed by atoms with Crippen molar-refractivity contribution in [2.45, 2.75) is 38.7 Å². The highest BCUT2D eigenvalue weighted by atomic mass is 16.5. The molecule has 1 aromatic carbocycles. The van der Waals surface area contributed by atoms with Crippen LogP contribution in [-0.4, -0.2) is 22.5 Å². The molecule has 4 nitrogen and oxygen atoms in total. The van der Waals surface area contributed by atoms with E-state index in [1.54, 1.807) is 6.07 Å². The molecule has 0 radical (unpaired) electrons. The van der Waals surface area contributed by atoms with Crippen LogP contribution in [0.5, 0.6) is 5.75 Å². The standard InChI is InChI=1S/C14H16O4/c1-14(2)8-9-4-3-5-10(13(9)18-14)11(15)6-7-12(16)17/h3-5H,6-8H2,1-2H3,(H,16,17). The van der Waals surface area contributed by atoms with Gasteiger partial charge in [0.2, 0.25) is 0 Å². The Hall–Kier alpha value is -1.84. The molecule has 0 bridgehead atoms. The lowest BCUT2D eigenvalue weighted by Gasteiger charge is -2.17. The first kappa shape index (κ1) is 12.6. The Morgan fingerprint density at radius 3 is 2.72 bits per heavy atom. The van der Waals surface area contributed by atoms with Crippen molar-refractivity contribution in [3.63, 3.8) is 0 Å². The van der Waals surface area contributed by atoms with Crippen molar-refractivity contribution < 1.29 is 19.4 Å². The summed E-state index contributed by atoms with van der Waals surface area (Å²) in [5.41, 5.74) is 1.21. The number of benzene rings is 1. The average molecular weight is 248 g/mol. The summed E-state index contributed by atoms with van der Waals surface area (Å²) in [6.45, 7) is 3.94. The molecule has 96 valence electrons. The number of carbonyl (C=O) groups excluding carboxylic acids is 1. The maximum atomic E-state index is 12.0. The maximum Gasteiger partial charge on any atom is 0.303 e. The molecule has 0 saturated heterocycles. The van der Waals surface area contributed by atoms with E-state index in [2.05, 4.69) is 0 Å². The SMILES string of the molecule is CC1(C)Cc2cccc(C(=O)CCC(=O)O)c2O1. The first-order valence-electron chi connectivity index (χ1n) is 5.95. The number of fused-ring (bicyclic) bond motifs is 1. The lowest BCUT2D eigenvalue weighted by Crippen LogP contribution is -2.25. The molecule has 1 heterocycles. The number of carboxylic acid groups (broad SMARTS) is 1. The van der Waals surface area contributed by atoms with Crippen molar-refractivity contribution in [1.29, 1.82) is 0 Å². The largest absolute Gasteiger partial charge is 0.486 e. The predicted molar refractivity (Wildman–Crippen MR) is 66.1 cm³/mol. The van der Waals surface area contributed by atoms with Crippen molar-refractivity contribution in [3.8, 4) is 5.75 Å². The quantitative estimate of drug-likeness (QED) is 0.831. The van der Waals surface area contributed by atoms with E-state index in [9.17, 15) is 9.59 Å². The third-order valence-corrected chi connectivity index (χ3v) is 2.96. The molecule has 0 unspecified atom stereocenters. The molecule has 1 N–H and O–H groups in total. The lowest BCUT2D eigenvalue weighted by atomic mass is 9.98. The van der Waals surface area contributed by atoms with Gasteiger partial charge in [-0.25, -0.2) is 0 Å². The Balaban J connectivity index is 2.24. The fraction of sp³-hybridized carbons (Fsp3) is 0.429. The summed E-state index contributed by atoms with van der Waals surface area (Å²) in [6.07, 6.45) is 0.629. The van der Waals surface area contributed by atoms with Crippen LogP contribution in [0.1, 0.15) is 42.6 Å². The summed E-state index contributed by atoms with van der Waals surface area (Å²) >= 11 is 0. The second-order valence-electron chi connectivity index (χ2n) is 5.15. The smallest absolute Gasteiger partial charge is 0.303 e. The zero-order valence-corrected chi connectivity index (χ0v) is 10.5. The fourth-order valence-corrected chi connectivity index (χ4v) is 2.19. The van der Waals surface area contributed by atoms with E-state index >= 15 is 0 Å². The Kier molecular flexibility index (Phi) is 3.11. The molecule has 0 spiro atoms. The molecular formula is C14H16O4. The second kappa shape index (κ2) is 4.44. The Morgan fingerprint density at radius 2 is 2.06 bits per heavy atom. The number of ether oxygens (including phenoxy) is 1. The monoisotopic (exact) mass is 248 g/mol. The molecule has 1 aliphatic rings. The molecular weight excluding hydrogens is 232 g/mol. The summed E-state index contributed by atoms with van der Waals surface area (Å²) in [4.78, 5) is 22.5. The Bertz CT molecular complexity index is 503. The van der Waals surface area contributed by atoms with Crippen LogP contribution in [0, 0.1) is 0 Å². The predicted octanol–water partition coefficient (Wildman–Crippen LogP) is 2.45. The van der Waals surface area contributed by atoms with Crippen LogP contribution < -0.4 is 4.74 Å². The molecule has 0 saturated carbocycles. The highest BCUT2D eigenvalue weighted by Gasteiger charge is 2.32. The van der Waals surface area contributed by atoms with E-state index in [0.717, 1.165) is 12.0 Å². The first-order chi connectivity index (χ1) is 8.39. The van der Waals surface area contributed by atoms with Gasteiger partial charge in [0, 0.05) is 12.8 Å². The molecule has 0 fully saturated rings. The van der Waals surface area contributed by atoms with E-state index in [4.69, 9.17) is 9.84 Å². The van der Waals surface area contributed by atoms with Gasteiger partial charge in [0.15, 0.2) is 5.78 Å². The van der Waals surface area contributed by atoms with E-state index < -0.39 is 5.97 Å². The van der Waals surface area contributed by atoms with Crippen molar-refractivity contribution in [2.75, 3.05) is 0 Å². The Labute approximate surface area is 106 Å². The molecule has 18 heavy (non-hydrogen) atoms. The minimum Gasteiger partial charge on any atom is -0.486 e. The molecule has 4 heteroatoms. The minimum absolute atomic E-state index is 0.00950. The van der Waals surface area contributed by atoms with Crippen LogP contribution in [0.4, 0.5) is 0 Å². The second-order valence-corrected chi connectivity index (χ2v) is 5.15. The van der Waals surface area contributed by atoms with Gasteiger partial charge in [0.25, 0.3) is 0 Å². The van der Waals surface area contributed by atoms with Crippen molar-refractivity contribution in [1.82, 2.24) is 0 Å². The zero-order chi connectivity index (χ0) is 13.3. The van der Waals surface area contributed by atoms with Gasteiger partial charge in [-0.15, -0.1) is 0 Å². The third kappa shape index (κ3) is 2.53. The van der Waals surface area contributed by atoms with E-state index in [-0.39, 0.29) is 24.2 Å². The molecule has 0 amide bonds. The number of carboxylic acids is 1. The number of Topliss-reactive ketones (excluding diaryl/α,β-unsaturated/α-hetero) is 1. The van der Waals surface area contributed by atoms with Gasteiger partial charge in [-0.3, -0.25) is 9.59 Å². The average Bonchev–Trinajstić information content (AvgIpc) is 2.59. The molecule has 2 rings (SSSR count). The maximum absolute atomic E-state index is 12.0. The molecule has 0 aromatic heterocycles. The van der Waals surface area contributed by atoms with Crippen LogP contribution in [0.2, 0.25) is 0 Å². The number of rotatable bonds is 4. The van der Waals surface area contributed by atoms with Crippen LogP contribution in [0.15, 0.2) is 18.2 Å². The van der Waals surface area contributed by atoms with Crippen molar-refractivity contribution in [2.24, 2.45) is 0 Å². The fourth-order valence-electron chi connectivity index (χ4n) is 2.19. The van der Waals surface area contributed by atoms with E-state index in [1.807, 2.05) is 26.0 Å². The van der Waals surface area contributed by atoms with Gasteiger partial charge in [-0.2, -0.15) is 0 Å². The minimum atomic E-state index is -0.961. The van der Waals surface area contributed by atoms with Crippen molar-refractivity contribution in [3.05, 3.63) is 29.3 Å². The van der Waals surface area contributed by atoms with Gasteiger partial charge >= 0.3 is 5.97 Å². The third-order valence-electron chi connectivity index (χ3n) is 2.96. The summed E-state index contributed by atoms with van der Waals surface area (Å²) in [5.74, 6) is -0.512. The van der Waals surface area contributed by atoms with Gasteiger partial charge in [-0.1, -0.05) is 12.1 Å². The molecule has 1 aromatic rings. The normalized spacial score (nSPS) is 15.9. The molecule has 0 aliphatic carbocycles. The Morgan fingerprint density at radius 1 is 1.33 bits per heavy atom. The topological polar surface area (TPSA) is 63.6 Å². The number of hydrogen-bond acceptors (Lipinski definition) is 3. The summed E-state index contributed by atoms with van der Waals surface area (Å²) in [7, 11) is 0. The van der Waals surface area contributed by atoms with E-state index in [1.165, 1.54) is 0 Å². The van der Waals surface area contributed by atoms with Gasteiger partial charge in [-0.05, 0) is 25.5 Å². The van der Waals surface area contributed by atoms with Crippen LogP contribution >= 0.6 is 0 Å². The van der Waals surface area contributed by atoms with Crippen LogP contribution in [0.25, 0.3) is 0 Å². The summed E-state index contributed by atoms with van der Waals surface area (Å²) in [6, 6.07) is 5.46. The first-order valence-corrected chi connectivity index (χ1v) is 5.95. The zero-order valence-electron chi connectivity index (χ0n) is 10.5. The lowest BCUT2D eigenvalue weighted by molar-refractivity contribution is -0.136. The number of aliphatic carboxylic acids is 1. The molecule has 1 aliphatic heterocycles. The molecule has 0 atom stereocenters. The van der Waals surface area contributed by atoms with E-state index in [0.29, 0.717) is 11.3 Å². The van der Waals surface area contributed by atoms with Gasteiger partial charge in [0.05, 0.1) is 12.0 Å². The van der Waals surface area contributed by atoms with Crippen molar-refractivity contribution >= 4 is 11.8 Å². The van der Waals surface area contributed by atoms with Gasteiger partial charge in [0.1, 0.15) is 11.4 Å².